The van der Waals surface area contributed by atoms with E-state index in [9.17, 15) is 9.90 Å². The molecule has 17 heavy (non-hydrogen) atoms. The predicted octanol–water partition coefficient (Wildman–Crippen LogP) is 3.20. The van der Waals surface area contributed by atoms with Crippen molar-refractivity contribution in [1.29, 1.82) is 0 Å². The summed E-state index contributed by atoms with van der Waals surface area (Å²) in [6, 6.07) is 5.61. The summed E-state index contributed by atoms with van der Waals surface area (Å²) >= 11 is 9.42. The topological polar surface area (TPSA) is 49.3 Å². The lowest BCUT2D eigenvalue weighted by Gasteiger charge is -2.38. The van der Waals surface area contributed by atoms with Gasteiger partial charge in [0.05, 0.1) is 0 Å². The minimum atomic E-state index is -0.767. The maximum absolute atomic E-state index is 11.2. The van der Waals surface area contributed by atoms with Gasteiger partial charge in [0.15, 0.2) is 0 Å². The van der Waals surface area contributed by atoms with Crippen molar-refractivity contribution in [3.05, 3.63) is 33.3 Å². The van der Waals surface area contributed by atoms with E-state index in [1.165, 1.54) is 0 Å². The summed E-state index contributed by atoms with van der Waals surface area (Å²) in [5.41, 5.74) is 0.179. The normalized spacial score (nSPS) is 17.5. The Morgan fingerprint density at radius 1 is 1.53 bits per heavy atom. The largest absolute Gasteiger partial charge is 0.480 e. The second-order valence-electron chi connectivity index (χ2n) is 4.33. The number of carboxylic acids is 1. The van der Waals surface area contributed by atoms with E-state index >= 15 is 0 Å². The Hall–Kier alpha value is -0.580. The third-order valence-electron chi connectivity index (χ3n) is 3.25. The average Bonchev–Trinajstić information content (AvgIpc) is 2.18. The van der Waals surface area contributed by atoms with Crippen LogP contribution in [0.1, 0.15) is 24.8 Å². The van der Waals surface area contributed by atoms with Crippen molar-refractivity contribution in [2.24, 2.45) is 0 Å². The predicted molar refractivity (Wildman–Crippen MR) is 70.2 cm³/mol. The summed E-state index contributed by atoms with van der Waals surface area (Å²) in [5.74, 6) is -0.767. The first kappa shape index (κ1) is 12.9. The third kappa shape index (κ3) is 2.64. The van der Waals surface area contributed by atoms with Gasteiger partial charge in [-0.15, -0.1) is 0 Å². The number of benzene rings is 1. The monoisotopic (exact) mass is 317 g/mol. The Balaban J connectivity index is 2.04. The Morgan fingerprint density at radius 3 is 2.71 bits per heavy atom. The van der Waals surface area contributed by atoms with Gasteiger partial charge in [-0.1, -0.05) is 33.6 Å². The van der Waals surface area contributed by atoms with Crippen molar-refractivity contribution < 1.29 is 9.90 Å². The van der Waals surface area contributed by atoms with Crippen LogP contribution in [-0.2, 0) is 11.3 Å². The lowest BCUT2D eigenvalue weighted by atomic mass is 9.76. The molecule has 0 spiro atoms. The molecule has 0 aromatic heterocycles. The molecule has 1 saturated carbocycles. The SMILES string of the molecule is O=C(O)C1(NCc2ccc(Br)cc2Cl)CCC1. The summed E-state index contributed by atoms with van der Waals surface area (Å²) in [6.45, 7) is 0.485. The number of aliphatic carboxylic acids is 1. The Kier molecular flexibility index (Phi) is 3.76. The second-order valence-corrected chi connectivity index (χ2v) is 5.65. The number of carbonyl (C=O) groups is 1. The molecule has 0 radical (unpaired) electrons. The van der Waals surface area contributed by atoms with Crippen molar-refractivity contribution in [3.63, 3.8) is 0 Å². The van der Waals surface area contributed by atoms with Crippen molar-refractivity contribution in [2.75, 3.05) is 0 Å². The summed E-state index contributed by atoms with van der Waals surface area (Å²) in [4.78, 5) is 11.2. The summed E-state index contributed by atoms with van der Waals surface area (Å²) in [7, 11) is 0. The molecular formula is C12H13BrClNO2. The quantitative estimate of drug-likeness (QED) is 0.896. The van der Waals surface area contributed by atoms with Crippen molar-refractivity contribution in [3.8, 4) is 0 Å². The van der Waals surface area contributed by atoms with Crippen LogP contribution in [0, 0.1) is 0 Å². The molecule has 0 bridgehead atoms. The first-order valence-electron chi connectivity index (χ1n) is 5.46. The molecular weight excluding hydrogens is 305 g/mol. The number of hydrogen-bond acceptors (Lipinski definition) is 2. The lowest BCUT2D eigenvalue weighted by Crippen LogP contribution is -2.56. The van der Waals surface area contributed by atoms with Gasteiger partial charge < -0.3 is 5.11 Å². The minimum absolute atomic E-state index is 0.485. The number of halogens is 2. The Morgan fingerprint density at radius 2 is 2.24 bits per heavy atom. The van der Waals surface area contributed by atoms with E-state index in [1.54, 1.807) is 0 Å². The molecule has 1 fully saturated rings. The average molecular weight is 319 g/mol. The van der Waals surface area contributed by atoms with Crippen LogP contribution in [0.15, 0.2) is 22.7 Å². The van der Waals surface area contributed by atoms with E-state index in [2.05, 4.69) is 21.2 Å². The summed E-state index contributed by atoms with van der Waals surface area (Å²) in [6.07, 6.45) is 2.35. The van der Waals surface area contributed by atoms with Gasteiger partial charge in [-0.25, -0.2) is 0 Å². The molecule has 0 amide bonds. The molecule has 2 rings (SSSR count). The zero-order valence-corrected chi connectivity index (χ0v) is 11.5. The van der Waals surface area contributed by atoms with E-state index < -0.39 is 11.5 Å². The zero-order valence-electron chi connectivity index (χ0n) is 9.17. The van der Waals surface area contributed by atoms with Crippen molar-refractivity contribution in [2.45, 2.75) is 31.3 Å². The molecule has 5 heteroatoms. The highest BCUT2D eigenvalue weighted by molar-refractivity contribution is 9.10. The van der Waals surface area contributed by atoms with Gasteiger partial charge in [0.25, 0.3) is 0 Å². The number of carboxylic acid groups (broad SMARTS) is 1. The molecule has 0 saturated heterocycles. The van der Waals surface area contributed by atoms with Crippen LogP contribution in [0.5, 0.6) is 0 Å². The van der Waals surface area contributed by atoms with E-state index in [0.29, 0.717) is 24.4 Å². The fraction of sp³-hybridized carbons (Fsp3) is 0.417. The third-order valence-corrected chi connectivity index (χ3v) is 4.09. The molecule has 1 aliphatic carbocycles. The van der Waals surface area contributed by atoms with Gasteiger partial charge in [-0.05, 0) is 37.0 Å². The maximum atomic E-state index is 11.2. The molecule has 0 heterocycles. The first-order chi connectivity index (χ1) is 8.03. The van der Waals surface area contributed by atoms with Crippen LogP contribution in [-0.4, -0.2) is 16.6 Å². The molecule has 0 unspecified atom stereocenters. The molecule has 3 nitrogen and oxygen atoms in total. The molecule has 1 aromatic carbocycles. The van der Waals surface area contributed by atoms with Gasteiger partial charge in [0.1, 0.15) is 5.54 Å². The fourth-order valence-electron chi connectivity index (χ4n) is 1.93. The standard InChI is InChI=1S/C12H13BrClNO2/c13-9-3-2-8(10(14)6-9)7-15-12(11(16)17)4-1-5-12/h2-3,6,15H,1,4-5,7H2,(H,16,17). The zero-order chi connectivity index (χ0) is 12.5. The molecule has 1 aliphatic rings. The number of nitrogens with one attached hydrogen (secondary N) is 1. The molecule has 0 atom stereocenters. The van der Waals surface area contributed by atoms with E-state index in [4.69, 9.17) is 11.6 Å². The highest BCUT2D eigenvalue weighted by atomic mass is 79.9. The second kappa shape index (κ2) is 4.96. The van der Waals surface area contributed by atoms with Crippen LogP contribution in [0.4, 0.5) is 0 Å². The fourth-order valence-corrected chi connectivity index (χ4v) is 2.67. The van der Waals surface area contributed by atoms with Gasteiger partial charge in [-0.2, -0.15) is 0 Å². The molecule has 2 N–H and O–H groups in total. The van der Waals surface area contributed by atoms with E-state index in [0.717, 1.165) is 16.5 Å². The van der Waals surface area contributed by atoms with Crippen LogP contribution in [0.2, 0.25) is 5.02 Å². The Labute approximate surface area is 113 Å². The summed E-state index contributed by atoms with van der Waals surface area (Å²) < 4.78 is 0.919. The van der Waals surface area contributed by atoms with Crippen LogP contribution in [0.25, 0.3) is 0 Å². The maximum Gasteiger partial charge on any atom is 0.323 e. The molecule has 0 aliphatic heterocycles. The van der Waals surface area contributed by atoms with E-state index in [-0.39, 0.29) is 0 Å². The Bertz CT molecular complexity index is 446. The van der Waals surface area contributed by atoms with Crippen molar-refractivity contribution >= 4 is 33.5 Å². The molecule has 92 valence electrons. The van der Waals surface area contributed by atoms with Gasteiger partial charge in [-0.3, -0.25) is 10.1 Å². The minimum Gasteiger partial charge on any atom is -0.480 e. The van der Waals surface area contributed by atoms with Crippen LogP contribution >= 0.6 is 27.5 Å². The smallest absolute Gasteiger partial charge is 0.323 e. The van der Waals surface area contributed by atoms with Gasteiger partial charge in [0.2, 0.25) is 0 Å². The highest BCUT2D eigenvalue weighted by Crippen LogP contribution is 2.33. The number of rotatable bonds is 4. The van der Waals surface area contributed by atoms with E-state index in [1.807, 2.05) is 18.2 Å². The lowest BCUT2D eigenvalue weighted by molar-refractivity contribution is -0.148. The van der Waals surface area contributed by atoms with Crippen LogP contribution in [0.3, 0.4) is 0 Å². The number of hydrogen-bond donors (Lipinski definition) is 2. The first-order valence-corrected chi connectivity index (χ1v) is 6.63. The van der Waals surface area contributed by atoms with Gasteiger partial charge >= 0.3 is 5.97 Å². The summed E-state index contributed by atoms with van der Waals surface area (Å²) in [5, 5.41) is 12.9. The van der Waals surface area contributed by atoms with Crippen LogP contribution < -0.4 is 5.32 Å². The highest BCUT2D eigenvalue weighted by Gasteiger charge is 2.43. The van der Waals surface area contributed by atoms with Crippen molar-refractivity contribution in [1.82, 2.24) is 5.32 Å². The van der Waals surface area contributed by atoms with Gasteiger partial charge in [0, 0.05) is 16.0 Å². The molecule has 1 aromatic rings.